The van der Waals surface area contributed by atoms with Crippen LogP contribution >= 0.6 is 11.3 Å². The van der Waals surface area contributed by atoms with E-state index in [9.17, 15) is 9.59 Å². The van der Waals surface area contributed by atoms with Crippen LogP contribution in [0.2, 0.25) is 0 Å². The fraction of sp³-hybridized carbons (Fsp3) is 0.333. The molecule has 1 N–H and O–H groups in total. The van der Waals surface area contributed by atoms with Gasteiger partial charge < -0.3 is 14.5 Å². The van der Waals surface area contributed by atoms with Crippen LogP contribution in [-0.2, 0) is 9.53 Å². The SMILES string of the molecule is COC(=O)C[C@H](NC(=O)c1cc(C)oc1C)c1cccs1. The van der Waals surface area contributed by atoms with E-state index in [4.69, 9.17) is 4.42 Å². The lowest BCUT2D eigenvalue weighted by Crippen LogP contribution is -2.30. The zero-order chi connectivity index (χ0) is 15.4. The van der Waals surface area contributed by atoms with E-state index in [2.05, 4.69) is 10.1 Å². The van der Waals surface area contributed by atoms with Crippen molar-refractivity contribution in [3.05, 3.63) is 45.5 Å². The number of rotatable bonds is 5. The lowest BCUT2D eigenvalue weighted by Gasteiger charge is -2.16. The van der Waals surface area contributed by atoms with Gasteiger partial charge >= 0.3 is 5.97 Å². The maximum atomic E-state index is 12.3. The Labute approximate surface area is 126 Å². The van der Waals surface area contributed by atoms with Crippen molar-refractivity contribution in [2.24, 2.45) is 0 Å². The van der Waals surface area contributed by atoms with Crippen molar-refractivity contribution >= 4 is 23.2 Å². The van der Waals surface area contributed by atoms with Gasteiger partial charge in [-0.3, -0.25) is 9.59 Å². The summed E-state index contributed by atoms with van der Waals surface area (Å²) in [5.74, 6) is 0.617. The number of thiophene rings is 1. The molecule has 6 heteroatoms. The van der Waals surface area contributed by atoms with Crippen LogP contribution in [0, 0.1) is 13.8 Å². The molecule has 0 saturated carbocycles. The first kappa shape index (κ1) is 15.3. The van der Waals surface area contributed by atoms with Gasteiger partial charge in [-0.2, -0.15) is 0 Å². The van der Waals surface area contributed by atoms with E-state index in [0.29, 0.717) is 17.1 Å². The molecule has 0 aliphatic carbocycles. The van der Waals surface area contributed by atoms with Crippen molar-refractivity contribution in [2.75, 3.05) is 7.11 Å². The molecule has 0 aromatic carbocycles. The Balaban J connectivity index is 2.17. The molecule has 0 radical (unpaired) electrons. The molecule has 0 fully saturated rings. The third kappa shape index (κ3) is 3.72. The number of aryl methyl sites for hydroxylation is 2. The van der Waals surface area contributed by atoms with E-state index < -0.39 is 6.04 Å². The Morgan fingerprint density at radius 1 is 1.43 bits per heavy atom. The van der Waals surface area contributed by atoms with Gasteiger partial charge in [-0.05, 0) is 31.4 Å². The molecule has 0 saturated heterocycles. The minimum Gasteiger partial charge on any atom is -0.469 e. The predicted molar refractivity (Wildman–Crippen MR) is 79.3 cm³/mol. The lowest BCUT2D eigenvalue weighted by molar-refractivity contribution is -0.141. The molecule has 112 valence electrons. The summed E-state index contributed by atoms with van der Waals surface area (Å²) in [6.45, 7) is 3.53. The van der Waals surface area contributed by atoms with Crippen LogP contribution in [0.1, 0.15) is 39.2 Å². The third-order valence-corrected chi connectivity index (χ3v) is 4.06. The van der Waals surface area contributed by atoms with E-state index in [1.165, 1.54) is 18.4 Å². The first-order chi connectivity index (χ1) is 10.0. The number of esters is 1. The van der Waals surface area contributed by atoms with Gasteiger partial charge in [0.2, 0.25) is 0 Å². The van der Waals surface area contributed by atoms with Crippen LogP contribution in [0.4, 0.5) is 0 Å². The number of carbonyl (C=O) groups excluding carboxylic acids is 2. The van der Waals surface area contributed by atoms with E-state index in [1.54, 1.807) is 19.9 Å². The first-order valence-electron chi connectivity index (χ1n) is 6.49. The highest BCUT2D eigenvalue weighted by molar-refractivity contribution is 7.10. The van der Waals surface area contributed by atoms with E-state index in [-0.39, 0.29) is 18.3 Å². The van der Waals surface area contributed by atoms with Gasteiger partial charge in [-0.25, -0.2) is 0 Å². The van der Waals surface area contributed by atoms with Gasteiger partial charge in [0, 0.05) is 4.88 Å². The molecule has 2 rings (SSSR count). The predicted octanol–water partition coefficient (Wildman–Crippen LogP) is 2.99. The number of amides is 1. The first-order valence-corrected chi connectivity index (χ1v) is 7.37. The summed E-state index contributed by atoms with van der Waals surface area (Å²) in [5.41, 5.74) is 0.485. The molecule has 2 heterocycles. The van der Waals surface area contributed by atoms with Crippen LogP contribution in [0.3, 0.4) is 0 Å². The monoisotopic (exact) mass is 307 g/mol. The smallest absolute Gasteiger partial charge is 0.307 e. The maximum Gasteiger partial charge on any atom is 0.307 e. The number of nitrogens with one attached hydrogen (secondary N) is 1. The standard InChI is InChI=1S/C15H17NO4S/c1-9-7-11(10(2)20-9)15(18)16-12(8-14(17)19-3)13-5-4-6-21-13/h4-7,12H,8H2,1-3H3,(H,16,18)/t12-/m0/s1. The van der Waals surface area contributed by atoms with Gasteiger partial charge in [0.15, 0.2) is 0 Å². The Bertz CT molecular complexity index is 630. The summed E-state index contributed by atoms with van der Waals surface area (Å²) < 4.78 is 10.1. The van der Waals surface area contributed by atoms with E-state index in [1.807, 2.05) is 17.5 Å². The molecule has 1 atom stereocenters. The Hall–Kier alpha value is -2.08. The second-order valence-electron chi connectivity index (χ2n) is 4.65. The molecule has 0 bridgehead atoms. The average Bonchev–Trinajstić information content (AvgIpc) is 3.07. The van der Waals surface area contributed by atoms with Gasteiger partial charge in [0.25, 0.3) is 5.91 Å². The number of hydrogen-bond donors (Lipinski definition) is 1. The highest BCUT2D eigenvalue weighted by Gasteiger charge is 2.22. The fourth-order valence-electron chi connectivity index (χ4n) is 2.05. The molecule has 1 amide bonds. The van der Waals surface area contributed by atoms with Crippen molar-refractivity contribution in [1.29, 1.82) is 0 Å². The summed E-state index contributed by atoms with van der Waals surface area (Å²) in [4.78, 5) is 24.8. The van der Waals surface area contributed by atoms with E-state index >= 15 is 0 Å². The number of ether oxygens (including phenoxy) is 1. The fourth-order valence-corrected chi connectivity index (χ4v) is 2.83. The highest BCUT2D eigenvalue weighted by Crippen LogP contribution is 2.24. The van der Waals surface area contributed by atoms with Gasteiger partial charge in [0.05, 0.1) is 25.1 Å². The Morgan fingerprint density at radius 3 is 2.71 bits per heavy atom. The van der Waals surface area contributed by atoms with Crippen LogP contribution in [0.15, 0.2) is 28.0 Å². The molecule has 2 aromatic rings. The summed E-state index contributed by atoms with van der Waals surface area (Å²) in [7, 11) is 1.33. The molecule has 5 nitrogen and oxygen atoms in total. The summed E-state index contributed by atoms with van der Waals surface area (Å²) in [6, 6.07) is 5.05. The van der Waals surface area contributed by atoms with Crippen LogP contribution in [-0.4, -0.2) is 19.0 Å². The molecule has 21 heavy (non-hydrogen) atoms. The zero-order valence-electron chi connectivity index (χ0n) is 12.1. The second kappa shape index (κ2) is 6.58. The molecular formula is C15H17NO4S. The summed E-state index contributed by atoms with van der Waals surface area (Å²) in [6.07, 6.45) is 0.0959. The van der Waals surface area contributed by atoms with Gasteiger partial charge in [-0.1, -0.05) is 6.07 Å². The molecule has 0 unspecified atom stereocenters. The minimum absolute atomic E-state index is 0.0959. The second-order valence-corrected chi connectivity index (χ2v) is 5.63. The average molecular weight is 307 g/mol. The van der Waals surface area contributed by atoms with Crippen LogP contribution in [0.25, 0.3) is 0 Å². The molecule has 2 aromatic heterocycles. The summed E-state index contributed by atoms with van der Waals surface area (Å²) >= 11 is 1.48. The molecule has 0 aliphatic rings. The van der Waals surface area contributed by atoms with Crippen molar-refractivity contribution in [3.63, 3.8) is 0 Å². The van der Waals surface area contributed by atoms with Crippen molar-refractivity contribution in [2.45, 2.75) is 26.3 Å². The summed E-state index contributed by atoms with van der Waals surface area (Å²) in [5, 5.41) is 4.77. The normalized spacial score (nSPS) is 12.0. The maximum absolute atomic E-state index is 12.3. The third-order valence-electron chi connectivity index (χ3n) is 3.08. The van der Waals surface area contributed by atoms with Crippen molar-refractivity contribution in [1.82, 2.24) is 5.32 Å². The van der Waals surface area contributed by atoms with Gasteiger partial charge in [0.1, 0.15) is 11.5 Å². The molecule has 0 spiro atoms. The Kier molecular flexibility index (Phi) is 4.80. The lowest BCUT2D eigenvalue weighted by atomic mass is 10.1. The Morgan fingerprint density at radius 2 is 2.19 bits per heavy atom. The molecular weight excluding hydrogens is 290 g/mol. The number of methoxy groups -OCH3 is 1. The minimum atomic E-state index is -0.403. The zero-order valence-corrected chi connectivity index (χ0v) is 13.0. The van der Waals surface area contributed by atoms with Gasteiger partial charge in [-0.15, -0.1) is 11.3 Å². The number of furan rings is 1. The van der Waals surface area contributed by atoms with E-state index in [0.717, 1.165) is 4.88 Å². The largest absolute Gasteiger partial charge is 0.469 e. The van der Waals surface area contributed by atoms with Crippen molar-refractivity contribution in [3.8, 4) is 0 Å². The number of carbonyl (C=O) groups is 2. The topological polar surface area (TPSA) is 68.5 Å². The van der Waals surface area contributed by atoms with Crippen molar-refractivity contribution < 1.29 is 18.7 Å². The highest BCUT2D eigenvalue weighted by atomic mass is 32.1. The molecule has 0 aliphatic heterocycles. The van der Waals surface area contributed by atoms with Crippen LogP contribution in [0.5, 0.6) is 0 Å². The van der Waals surface area contributed by atoms with Crippen LogP contribution < -0.4 is 5.32 Å². The number of hydrogen-bond acceptors (Lipinski definition) is 5. The quantitative estimate of drug-likeness (QED) is 0.862.